The lowest BCUT2D eigenvalue weighted by atomic mass is 10.1. The molecule has 20 heavy (non-hydrogen) atoms. The van der Waals surface area contributed by atoms with Gasteiger partial charge in [-0.1, -0.05) is 6.42 Å². The van der Waals surface area contributed by atoms with Crippen LogP contribution in [-0.4, -0.2) is 54.7 Å². The summed E-state index contributed by atoms with van der Waals surface area (Å²) in [6.07, 6.45) is 2.35. The van der Waals surface area contributed by atoms with E-state index < -0.39 is 39.2 Å². The van der Waals surface area contributed by atoms with Gasteiger partial charge in [0.1, 0.15) is 6.04 Å². The van der Waals surface area contributed by atoms with Gasteiger partial charge in [0.2, 0.25) is 10.0 Å². The summed E-state index contributed by atoms with van der Waals surface area (Å²) in [5, 5.41) is 8.26. The third-order valence-electron chi connectivity index (χ3n) is 4.15. The number of nitrogens with zero attached hydrogens (tertiary/aromatic N) is 1. The normalized spacial score (nSPS) is 31.4. The van der Waals surface area contributed by atoms with Crippen molar-refractivity contribution in [3.8, 4) is 0 Å². The second kappa shape index (κ2) is 5.69. The highest BCUT2D eigenvalue weighted by atomic mass is 32.2. The Balaban J connectivity index is 2.25. The molecule has 1 heterocycles. The molecule has 0 radical (unpaired) electrons. The number of rotatable bonds is 4. The largest absolute Gasteiger partial charge is 0.480 e. The molecule has 0 aromatic rings. The molecule has 0 aromatic carbocycles. The van der Waals surface area contributed by atoms with Gasteiger partial charge >= 0.3 is 11.9 Å². The van der Waals surface area contributed by atoms with Gasteiger partial charge < -0.3 is 9.84 Å². The summed E-state index contributed by atoms with van der Waals surface area (Å²) < 4.78 is 31.0. The van der Waals surface area contributed by atoms with Gasteiger partial charge in [-0.15, -0.1) is 0 Å². The van der Waals surface area contributed by atoms with E-state index >= 15 is 0 Å². The van der Waals surface area contributed by atoms with E-state index in [0.717, 1.165) is 4.31 Å². The first-order valence-corrected chi connectivity index (χ1v) is 8.21. The number of esters is 1. The number of methoxy groups -OCH3 is 1. The van der Waals surface area contributed by atoms with Gasteiger partial charge in [0, 0.05) is 6.54 Å². The third-order valence-corrected chi connectivity index (χ3v) is 6.57. The van der Waals surface area contributed by atoms with E-state index in [1.807, 2.05) is 0 Å². The number of carboxylic acids is 1. The van der Waals surface area contributed by atoms with Crippen LogP contribution in [0, 0.1) is 5.92 Å². The predicted molar refractivity (Wildman–Crippen MR) is 69.4 cm³/mol. The van der Waals surface area contributed by atoms with Crippen molar-refractivity contribution in [2.24, 2.45) is 5.92 Å². The van der Waals surface area contributed by atoms with Gasteiger partial charge in [0.05, 0.1) is 18.3 Å². The minimum Gasteiger partial charge on any atom is -0.480 e. The summed E-state index contributed by atoms with van der Waals surface area (Å²) in [6.45, 7) is 0.212. The quantitative estimate of drug-likeness (QED) is 0.745. The molecule has 2 fully saturated rings. The zero-order valence-electron chi connectivity index (χ0n) is 11.3. The fraction of sp³-hybridized carbons (Fsp3) is 0.833. The second-order valence-electron chi connectivity index (χ2n) is 5.25. The summed E-state index contributed by atoms with van der Waals surface area (Å²) in [5.41, 5.74) is 0. The van der Waals surface area contributed by atoms with Crippen molar-refractivity contribution in [2.75, 3.05) is 13.7 Å². The fourth-order valence-electron chi connectivity index (χ4n) is 3.17. The molecule has 1 aliphatic heterocycles. The SMILES string of the molecule is COC(=O)C1CCCC1S(=O)(=O)N1CCC[C@@H]1C(=O)O. The Bertz CT molecular complexity index is 502. The zero-order valence-corrected chi connectivity index (χ0v) is 12.1. The highest BCUT2D eigenvalue weighted by Gasteiger charge is 2.48. The standard InChI is InChI=1S/C12H19NO6S/c1-19-12(16)8-4-2-6-10(8)20(17,18)13-7-3-5-9(13)11(14)15/h8-10H,2-7H2,1H3,(H,14,15)/t8?,9-,10?/m1/s1. The molecule has 8 heteroatoms. The highest BCUT2D eigenvalue weighted by molar-refractivity contribution is 7.89. The molecule has 0 spiro atoms. The zero-order chi connectivity index (χ0) is 14.9. The van der Waals surface area contributed by atoms with E-state index in [-0.39, 0.29) is 6.54 Å². The first kappa shape index (κ1) is 15.2. The van der Waals surface area contributed by atoms with Gasteiger partial charge in [-0.3, -0.25) is 9.59 Å². The highest BCUT2D eigenvalue weighted by Crippen LogP contribution is 2.36. The maximum atomic E-state index is 12.6. The summed E-state index contributed by atoms with van der Waals surface area (Å²) in [6, 6.07) is -1.00. The van der Waals surface area contributed by atoms with Crippen molar-refractivity contribution in [3.63, 3.8) is 0 Å². The predicted octanol–water partition coefficient (Wildman–Crippen LogP) is 0.207. The Morgan fingerprint density at radius 2 is 1.90 bits per heavy atom. The molecule has 2 rings (SSSR count). The number of carboxylic acid groups (broad SMARTS) is 1. The molecular weight excluding hydrogens is 286 g/mol. The van der Waals surface area contributed by atoms with Crippen LogP contribution in [-0.2, 0) is 24.3 Å². The van der Waals surface area contributed by atoms with Crippen molar-refractivity contribution in [1.82, 2.24) is 4.31 Å². The molecule has 3 atom stereocenters. The molecule has 0 bridgehead atoms. The lowest BCUT2D eigenvalue weighted by molar-refractivity contribution is -0.145. The molecular formula is C12H19NO6S. The van der Waals surface area contributed by atoms with Crippen LogP contribution >= 0.6 is 0 Å². The molecule has 0 amide bonds. The van der Waals surface area contributed by atoms with Gasteiger partial charge in [0.15, 0.2) is 0 Å². The number of hydrogen-bond donors (Lipinski definition) is 1. The van der Waals surface area contributed by atoms with Crippen LogP contribution in [0.2, 0.25) is 0 Å². The van der Waals surface area contributed by atoms with Crippen molar-refractivity contribution >= 4 is 22.0 Å². The molecule has 1 aliphatic carbocycles. The van der Waals surface area contributed by atoms with Crippen molar-refractivity contribution in [1.29, 1.82) is 0 Å². The monoisotopic (exact) mass is 305 g/mol. The summed E-state index contributed by atoms with van der Waals surface area (Å²) in [7, 11) is -2.55. The summed E-state index contributed by atoms with van der Waals surface area (Å²) in [4.78, 5) is 22.8. The molecule has 1 saturated carbocycles. The molecule has 1 N–H and O–H groups in total. The lowest BCUT2D eigenvalue weighted by Crippen LogP contribution is -2.47. The smallest absolute Gasteiger partial charge is 0.322 e. The topological polar surface area (TPSA) is 101 Å². The van der Waals surface area contributed by atoms with Crippen LogP contribution in [0.3, 0.4) is 0 Å². The second-order valence-corrected chi connectivity index (χ2v) is 7.36. The van der Waals surface area contributed by atoms with Gasteiger partial charge in [-0.05, 0) is 25.7 Å². The average molecular weight is 305 g/mol. The van der Waals surface area contributed by atoms with Gasteiger partial charge in [0.25, 0.3) is 0 Å². The van der Waals surface area contributed by atoms with E-state index in [4.69, 9.17) is 5.11 Å². The van der Waals surface area contributed by atoms with Crippen LogP contribution < -0.4 is 0 Å². The van der Waals surface area contributed by atoms with Crippen LogP contribution in [0.15, 0.2) is 0 Å². The number of aliphatic carboxylic acids is 1. The summed E-state index contributed by atoms with van der Waals surface area (Å²) in [5.74, 6) is -2.33. The molecule has 0 aromatic heterocycles. The van der Waals surface area contributed by atoms with E-state index in [2.05, 4.69) is 4.74 Å². The maximum absolute atomic E-state index is 12.6. The minimum atomic E-state index is -3.79. The average Bonchev–Trinajstić information content (AvgIpc) is 3.06. The van der Waals surface area contributed by atoms with Crippen LogP contribution in [0.4, 0.5) is 0 Å². The number of ether oxygens (including phenoxy) is 1. The number of sulfonamides is 1. The van der Waals surface area contributed by atoms with Crippen molar-refractivity contribution in [3.05, 3.63) is 0 Å². The molecule has 1 saturated heterocycles. The van der Waals surface area contributed by atoms with E-state index in [1.165, 1.54) is 7.11 Å². The lowest BCUT2D eigenvalue weighted by Gasteiger charge is -2.27. The van der Waals surface area contributed by atoms with Crippen molar-refractivity contribution < 1.29 is 27.9 Å². The molecule has 2 unspecified atom stereocenters. The Morgan fingerprint density at radius 3 is 2.50 bits per heavy atom. The Morgan fingerprint density at radius 1 is 1.20 bits per heavy atom. The minimum absolute atomic E-state index is 0.212. The Kier molecular flexibility index (Phi) is 4.33. The number of carbonyl (C=O) groups is 2. The molecule has 2 aliphatic rings. The molecule has 7 nitrogen and oxygen atoms in total. The van der Waals surface area contributed by atoms with Crippen LogP contribution in [0.1, 0.15) is 32.1 Å². The fourth-order valence-corrected chi connectivity index (χ4v) is 5.58. The van der Waals surface area contributed by atoms with E-state index in [9.17, 15) is 18.0 Å². The van der Waals surface area contributed by atoms with E-state index in [1.54, 1.807) is 0 Å². The van der Waals surface area contributed by atoms with Crippen LogP contribution in [0.25, 0.3) is 0 Å². The molecule has 114 valence electrons. The first-order valence-electron chi connectivity index (χ1n) is 6.71. The number of hydrogen-bond acceptors (Lipinski definition) is 5. The van der Waals surface area contributed by atoms with Crippen molar-refractivity contribution in [2.45, 2.75) is 43.4 Å². The Hall–Kier alpha value is -1.15. The van der Waals surface area contributed by atoms with Gasteiger partial charge in [-0.25, -0.2) is 8.42 Å². The Labute approximate surface area is 117 Å². The van der Waals surface area contributed by atoms with E-state index in [0.29, 0.717) is 32.1 Å². The third kappa shape index (κ3) is 2.54. The van der Waals surface area contributed by atoms with Crippen LogP contribution in [0.5, 0.6) is 0 Å². The number of carbonyl (C=O) groups excluding carboxylic acids is 1. The van der Waals surface area contributed by atoms with Gasteiger partial charge in [-0.2, -0.15) is 4.31 Å². The summed E-state index contributed by atoms with van der Waals surface area (Å²) >= 11 is 0. The first-order chi connectivity index (χ1) is 9.39. The maximum Gasteiger partial charge on any atom is 0.322 e.